The summed E-state index contributed by atoms with van der Waals surface area (Å²) in [6.45, 7) is 2.48. The number of carbonyl (C=O) groups is 1. The number of thioether (sulfide) groups is 1. The molecule has 7 heteroatoms. The lowest BCUT2D eigenvalue weighted by Crippen LogP contribution is -2.39. The first kappa shape index (κ1) is 14.7. The van der Waals surface area contributed by atoms with Gasteiger partial charge < -0.3 is 27.5 Å². The van der Waals surface area contributed by atoms with Crippen LogP contribution >= 0.6 is 11.8 Å². The van der Waals surface area contributed by atoms with Crippen molar-refractivity contribution in [2.24, 2.45) is 11.5 Å². The van der Waals surface area contributed by atoms with Crippen LogP contribution in [0.5, 0.6) is 0 Å². The second kappa shape index (κ2) is 6.15. The van der Waals surface area contributed by atoms with Gasteiger partial charge in [-0.05, 0) is 23.6 Å². The van der Waals surface area contributed by atoms with Crippen molar-refractivity contribution in [3.63, 3.8) is 0 Å². The minimum atomic E-state index is -0.555. The average Bonchev–Trinajstić information content (AvgIpc) is 2.80. The van der Waals surface area contributed by atoms with E-state index in [9.17, 15) is 4.79 Å². The molecule has 0 aliphatic carbocycles. The Balaban J connectivity index is 2.33. The Kier molecular flexibility index (Phi) is 4.51. The quantitative estimate of drug-likeness (QED) is 0.528. The van der Waals surface area contributed by atoms with Gasteiger partial charge >= 0.3 is 6.03 Å². The Morgan fingerprint density at radius 3 is 2.95 bits per heavy atom. The summed E-state index contributed by atoms with van der Waals surface area (Å²) in [5.74, 6) is -0.0828. The fourth-order valence-electron chi connectivity index (χ4n) is 2.22. The third kappa shape index (κ3) is 2.88. The summed E-state index contributed by atoms with van der Waals surface area (Å²) >= 11 is 1.54. The van der Waals surface area contributed by atoms with Crippen LogP contribution in [0, 0.1) is 5.41 Å². The van der Waals surface area contributed by atoms with Gasteiger partial charge in [-0.25, -0.2) is 4.79 Å². The lowest BCUT2D eigenvalue weighted by Gasteiger charge is -2.14. The van der Waals surface area contributed by atoms with Crippen LogP contribution in [0.3, 0.4) is 0 Å². The standard InChI is InChI=1S/C13H19N5OS/c1-2-7-3-8(9(5-14)6-15)4-10-11(7)20-13(17-10)18-12(16)19/h3-5,9,13-14,17H,2,6,15H2,1H3,(H3,16,18,19). The molecule has 2 atom stereocenters. The molecule has 2 rings (SSSR count). The number of hydrogen-bond acceptors (Lipinski definition) is 5. The number of carbonyl (C=O) groups excluding carboxylic acids is 1. The third-order valence-corrected chi connectivity index (χ3v) is 4.44. The van der Waals surface area contributed by atoms with E-state index in [1.54, 1.807) is 0 Å². The smallest absolute Gasteiger partial charge is 0.314 e. The molecule has 0 spiro atoms. The van der Waals surface area contributed by atoms with Crippen LogP contribution in [-0.2, 0) is 6.42 Å². The molecule has 0 aromatic heterocycles. The van der Waals surface area contributed by atoms with Crippen LogP contribution in [0.25, 0.3) is 0 Å². The first-order valence-electron chi connectivity index (χ1n) is 6.45. The van der Waals surface area contributed by atoms with Crippen molar-refractivity contribution in [2.45, 2.75) is 29.7 Å². The maximum atomic E-state index is 10.9. The van der Waals surface area contributed by atoms with Crippen LogP contribution < -0.4 is 22.1 Å². The summed E-state index contributed by atoms with van der Waals surface area (Å²) in [5, 5.41) is 13.3. The normalized spacial score (nSPS) is 18.0. The molecule has 1 aromatic carbocycles. The second-order valence-electron chi connectivity index (χ2n) is 4.57. The highest BCUT2D eigenvalue weighted by molar-refractivity contribution is 8.00. The van der Waals surface area contributed by atoms with E-state index in [2.05, 4.69) is 23.6 Å². The molecule has 1 heterocycles. The van der Waals surface area contributed by atoms with Gasteiger partial charge in [-0.1, -0.05) is 24.8 Å². The molecule has 0 saturated carbocycles. The van der Waals surface area contributed by atoms with Gasteiger partial charge in [-0.3, -0.25) is 0 Å². The molecule has 0 fully saturated rings. The Morgan fingerprint density at radius 1 is 1.65 bits per heavy atom. The third-order valence-electron chi connectivity index (χ3n) is 3.25. The molecule has 0 saturated heterocycles. The van der Waals surface area contributed by atoms with E-state index in [-0.39, 0.29) is 11.4 Å². The number of fused-ring (bicyclic) bond motifs is 1. The first-order chi connectivity index (χ1) is 9.58. The number of rotatable bonds is 5. The molecule has 2 unspecified atom stereocenters. The molecular weight excluding hydrogens is 274 g/mol. The monoisotopic (exact) mass is 293 g/mol. The highest BCUT2D eigenvalue weighted by Crippen LogP contribution is 2.41. The molecule has 20 heavy (non-hydrogen) atoms. The number of nitrogens with one attached hydrogen (secondary N) is 3. The zero-order chi connectivity index (χ0) is 14.7. The van der Waals surface area contributed by atoms with Crippen molar-refractivity contribution >= 4 is 29.7 Å². The summed E-state index contributed by atoms with van der Waals surface area (Å²) in [5.41, 5.74) is 13.8. The number of benzene rings is 1. The molecule has 1 aliphatic rings. The number of hydrogen-bond donors (Lipinski definition) is 5. The van der Waals surface area contributed by atoms with Crippen molar-refractivity contribution in [3.8, 4) is 0 Å². The van der Waals surface area contributed by atoms with Crippen molar-refractivity contribution in [1.82, 2.24) is 5.32 Å². The van der Waals surface area contributed by atoms with E-state index >= 15 is 0 Å². The summed E-state index contributed by atoms with van der Waals surface area (Å²) in [4.78, 5) is 12.1. The van der Waals surface area contributed by atoms with Crippen LogP contribution in [-0.4, -0.2) is 24.3 Å². The zero-order valence-electron chi connectivity index (χ0n) is 11.3. The van der Waals surface area contributed by atoms with Gasteiger partial charge in [0.2, 0.25) is 0 Å². The molecule has 7 N–H and O–H groups in total. The summed E-state index contributed by atoms with van der Waals surface area (Å²) in [6, 6.07) is 3.52. The van der Waals surface area contributed by atoms with Gasteiger partial charge in [0.15, 0.2) is 5.50 Å². The van der Waals surface area contributed by atoms with E-state index in [0.29, 0.717) is 6.54 Å². The molecule has 1 aliphatic heterocycles. The van der Waals surface area contributed by atoms with E-state index in [1.807, 2.05) is 6.07 Å². The fourth-order valence-corrected chi connectivity index (χ4v) is 3.42. The number of anilines is 1. The molecule has 6 nitrogen and oxygen atoms in total. The highest BCUT2D eigenvalue weighted by Gasteiger charge is 2.25. The topological polar surface area (TPSA) is 117 Å². The summed E-state index contributed by atoms with van der Waals surface area (Å²) in [7, 11) is 0. The molecular formula is C13H19N5OS. The van der Waals surface area contributed by atoms with Gasteiger partial charge in [0.25, 0.3) is 0 Å². The number of urea groups is 1. The second-order valence-corrected chi connectivity index (χ2v) is 5.69. The van der Waals surface area contributed by atoms with Crippen molar-refractivity contribution in [1.29, 1.82) is 5.41 Å². The van der Waals surface area contributed by atoms with E-state index < -0.39 is 6.03 Å². The Bertz CT molecular complexity index is 534. The zero-order valence-corrected chi connectivity index (χ0v) is 12.1. The average molecular weight is 293 g/mol. The number of nitrogens with two attached hydrogens (primary N) is 2. The van der Waals surface area contributed by atoms with Crippen LogP contribution in [0.4, 0.5) is 10.5 Å². The van der Waals surface area contributed by atoms with Crippen LogP contribution in [0.1, 0.15) is 24.0 Å². The SMILES string of the molecule is CCc1cc(C(C=N)CN)cc2c1SC(NC(N)=O)N2. The Morgan fingerprint density at radius 2 is 2.40 bits per heavy atom. The molecule has 1 aromatic rings. The summed E-state index contributed by atoms with van der Waals surface area (Å²) in [6.07, 6.45) is 2.24. The fraction of sp³-hybridized carbons (Fsp3) is 0.385. The van der Waals surface area contributed by atoms with Crippen LogP contribution in [0.15, 0.2) is 17.0 Å². The van der Waals surface area contributed by atoms with E-state index in [0.717, 1.165) is 22.6 Å². The number of primary amides is 1. The maximum absolute atomic E-state index is 10.9. The lowest BCUT2D eigenvalue weighted by molar-refractivity contribution is 0.249. The molecule has 2 amide bonds. The van der Waals surface area contributed by atoms with E-state index in [4.69, 9.17) is 16.9 Å². The lowest BCUT2D eigenvalue weighted by atomic mass is 9.96. The highest BCUT2D eigenvalue weighted by atomic mass is 32.2. The predicted molar refractivity (Wildman–Crippen MR) is 82.4 cm³/mol. The van der Waals surface area contributed by atoms with E-state index in [1.165, 1.54) is 23.5 Å². The number of amides is 2. The molecule has 0 radical (unpaired) electrons. The van der Waals surface area contributed by atoms with Gasteiger partial charge in [0.05, 0.1) is 5.69 Å². The Hall–Kier alpha value is -1.73. The van der Waals surface area contributed by atoms with Crippen LogP contribution in [0.2, 0.25) is 0 Å². The van der Waals surface area contributed by atoms with Crippen molar-refractivity contribution in [3.05, 3.63) is 23.3 Å². The predicted octanol–water partition coefficient (Wildman–Crippen LogP) is 1.41. The van der Waals surface area contributed by atoms with Gasteiger partial charge in [0.1, 0.15) is 0 Å². The largest absolute Gasteiger partial charge is 0.356 e. The molecule has 0 bridgehead atoms. The van der Waals surface area contributed by atoms with Crippen molar-refractivity contribution < 1.29 is 4.79 Å². The minimum Gasteiger partial charge on any atom is -0.356 e. The minimum absolute atomic E-state index is 0.0828. The van der Waals surface area contributed by atoms with Gasteiger partial charge in [-0.2, -0.15) is 0 Å². The maximum Gasteiger partial charge on any atom is 0.314 e. The first-order valence-corrected chi connectivity index (χ1v) is 7.33. The van der Waals surface area contributed by atoms with Crippen molar-refractivity contribution in [2.75, 3.05) is 11.9 Å². The number of aryl methyl sites for hydroxylation is 1. The van der Waals surface area contributed by atoms with Gasteiger partial charge in [0, 0.05) is 23.6 Å². The summed E-state index contributed by atoms with van der Waals surface area (Å²) < 4.78 is 0. The van der Waals surface area contributed by atoms with Gasteiger partial charge in [-0.15, -0.1) is 0 Å². The molecule has 108 valence electrons. The Labute approximate surface area is 122 Å².